The highest BCUT2D eigenvalue weighted by Gasteiger charge is 2.70. The molecule has 0 saturated carbocycles. The first kappa shape index (κ1) is 17.6. The molecule has 3 aromatic carbocycles. The third-order valence-electron chi connectivity index (χ3n) is 7.93. The summed E-state index contributed by atoms with van der Waals surface area (Å²) >= 11 is 0. The first-order valence-electron chi connectivity index (χ1n) is 10.5. The summed E-state index contributed by atoms with van der Waals surface area (Å²) < 4.78 is 0. The second-order valence-electron chi connectivity index (χ2n) is 9.30. The van der Waals surface area contributed by atoms with Gasteiger partial charge in [0.1, 0.15) is 0 Å². The maximum absolute atomic E-state index is 13.9. The summed E-state index contributed by atoms with van der Waals surface area (Å²) in [5.74, 6) is -0.958. The zero-order valence-electron chi connectivity index (χ0n) is 17.3. The molecular weight excluding hydrogens is 370 g/mol. The predicted octanol–water partition coefficient (Wildman–Crippen LogP) is 4.74. The Morgan fingerprint density at radius 2 is 1.00 bits per heavy atom. The van der Waals surface area contributed by atoms with E-state index in [-0.39, 0.29) is 11.8 Å². The lowest BCUT2D eigenvalue weighted by Gasteiger charge is -2.57. The van der Waals surface area contributed by atoms with Crippen molar-refractivity contribution in [3.05, 3.63) is 101 Å². The normalized spacial score (nSPS) is 30.8. The first-order valence-corrected chi connectivity index (χ1v) is 10.5. The van der Waals surface area contributed by atoms with Crippen molar-refractivity contribution in [3.63, 3.8) is 0 Å². The zero-order valence-corrected chi connectivity index (χ0v) is 17.3. The molecule has 1 heterocycles. The highest BCUT2D eigenvalue weighted by molar-refractivity contribution is 6.24. The van der Waals surface area contributed by atoms with Crippen LogP contribution in [0.25, 0.3) is 0 Å². The number of amides is 2. The quantitative estimate of drug-likeness (QED) is 0.560. The standard InChI is InChI=1S/C27H23NO2/c1-16-12-14-17(15-13-16)28-24(29)22-23(25(28)30)27(3)20-10-6-4-8-18(20)26(22,2)19-9-5-7-11-21(19)27/h4-15,22-23H,1-3H3/t22-,23-,26?,27?/m0/s1. The van der Waals surface area contributed by atoms with Gasteiger partial charge in [-0.15, -0.1) is 0 Å². The number of carbonyl (C=O) groups is 2. The number of aryl methyl sites for hydroxylation is 1. The summed E-state index contributed by atoms with van der Waals surface area (Å²) in [6.45, 7) is 6.32. The molecule has 1 aliphatic heterocycles. The molecule has 1 saturated heterocycles. The summed E-state index contributed by atoms with van der Waals surface area (Å²) in [4.78, 5) is 29.2. The fourth-order valence-electron chi connectivity index (χ4n) is 6.52. The van der Waals surface area contributed by atoms with Crippen LogP contribution in [0, 0.1) is 18.8 Å². The lowest BCUT2D eigenvalue weighted by molar-refractivity contribution is -0.124. The van der Waals surface area contributed by atoms with E-state index in [1.165, 1.54) is 27.2 Å². The highest BCUT2D eigenvalue weighted by Crippen LogP contribution is 2.66. The largest absolute Gasteiger partial charge is 0.274 e. The second kappa shape index (κ2) is 5.48. The van der Waals surface area contributed by atoms with Crippen molar-refractivity contribution >= 4 is 17.5 Å². The van der Waals surface area contributed by atoms with Gasteiger partial charge in [0, 0.05) is 10.8 Å². The number of anilines is 1. The van der Waals surface area contributed by atoms with Crippen LogP contribution >= 0.6 is 0 Å². The van der Waals surface area contributed by atoms with Gasteiger partial charge in [-0.05, 0) is 41.3 Å². The average Bonchev–Trinajstić information content (AvgIpc) is 3.04. The van der Waals surface area contributed by atoms with Gasteiger partial charge in [-0.1, -0.05) is 80.1 Å². The van der Waals surface area contributed by atoms with E-state index in [0.717, 1.165) is 5.56 Å². The van der Waals surface area contributed by atoms with Crippen molar-refractivity contribution in [1.29, 1.82) is 0 Å². The van der Waals surface area contributed by atoms with Crippen LogP contribution in [0.3, 0.4) is 0 Å². The molecule has 2 atom stereocenters. The van der Waals surface area contributed by atoms with E-state index in [9.17, 15) is 9.59 Å². The Labute approximate surface area is 176 Å². The van der Waals surface area contributed by atoms with Gasteiger partial charge in [0.05, 0.1) is 17.5 Å². The van der Waals surface area contributed by atoms with Gasteiger partial charge in [-0.2, -0.15) is 0 Å². The van der Waals surface area contributed by atoms with Crippen molar-refractivity contribution in [3.8, 4) is 0 Å². The third-order valence-corrected chi connectivity index (χ3v) is 7.93. The molecule has 2 bridgehead atoms. The summed E-state index contributed by atoms with van der Waals surface area (Å²) in [5, 5.41) is 0. The number of carbonyl (C=O) groups excluding carboxylic acids is 2. The van der Waals surface area contributed by atoms with Crippen molar-refractivity contribution in [2.45, 2.75) is 31.6 Å². The molecule has 1 fully saturated rings. The minimum Gasteiger partial charge on any atom is -0.274 e. The van der Waals surface area contributed by atoms with E-state index < -0.39 is 22.7 Å². The number of nitrogens with zero attached hydrogens (tertiary/aromatic N) is 1. The Bertz CT molecular complexity index is 1120. The first-order chi connectivity index (χ1) is 14.4. The molecule has 0 N–H and O–H groups in total. The summed E-state index contributed by atoms with van der Waals surface area (Å²) in [5.41, 5.74) is 5.44. The minimum absolute atomic E-state index is 0.0772. The molecule has 3 aromatic rings. The molecule has 4 aliphatic rings. The van der Waals surface area contributed by atoms with Gasteiger partial charge in [-0.25, -0.2) is 4.90 Å². The highest BCUT2D eigenvalue weighted by atomic mass is 16.2. The predicted molar refractivity (Wildman–Crippen MR) is 116 cm³/mol. The van der Waals surface area contributed by atoms with Gasteiger partial charge < -0.3 is 0 Å². The zero-order chi connectivity index (χ0) is 20.8. The maximum atomic E-state index is 13.9. The van der Waals surface area contributed by atoms with E-state index in [2.05, 4.69) is 38.1 Å². The Kier molecular flexibility index (Phi) is 3.22. The van der Waals surface area contributed by atoms with Crippen molar-refractivity contribution < 1.29 is 9.59 Å². The number of hydrogen-bond donors (Lipinski definition) is 0. The van der Waals surface area contributed by atoms with Crippen LogP contribution in [0.5, 0.6) is 0 Å². The Balaban J connectivity index is 1.66. The Morgan fingerprint density at radius 1 is 0.633 bits per heavy atom. The summed E-state index contributed by atoms with van der Waals surface area (Å²) in [6, 6.07) is 24.4. The third kappa shape index (κ3) is 1.78. The van der Waals surface area contributed by atoms with Crippen LogP contribution in [0.1, 0.15) is 41.7 Å². The molecule has 0 unspecified atom stereocenters. The van der Waals surface area contributed by atoms with Gasteiger partial charge >= 0.3 is 0 Å². The Morgan fingerprint density at radius 3 is 1.37 bits per heavy atom. The van der Waals surface area contributed by atoms with E-state index in [1.54, 1.807) is 0 Å². The molecule has 30 heavy (non-hydrogen) atoms. The number of imide groups is 1. The minimum atomic E-state index is -0.526. The Hall–Kier alpha value is -3.20. The fraction of sp³-hybridized carbons (Fsp3) is 0.259. The molecule has 3 heteroatoms. The van der Waals surface area contributed by atoms with Gasteiger partial charge in [0.2, 0.25) is 11.8 Å². The lowest BCUT2D eigenvalue weighted by Crippen LogP contribution is -2.59. The van der Waals surface area contributed by atoms with Crippen LogP contribution in [0.4, 0.5) is 5.69 Å². The van der Waals surface area contributed by atoms with Gasteiger partial charge in [0.25, 0.3) is 0 Å². The lowest BCUT2D eigenvalue weighted by atomic mass is 9.42. The number of rotatable bonds is 1. The van der Waals surface area contributed by atoms with Gasteiger partial charge in [-0.3, -0.25) is 9.59 Å². The molecule has 7 rings (SSSR count). The molecule has 0 spiro atoms. The smallest absolute Gasteiger partial charge is 0.238 e. The van der Waals surface area contributed by atoms with Gasteiger partial charge in [0.15, 0.2) is 0 Å². The number of hydrogen-bond acceptors (Lipinski definition) is 2. The van der Waals surface area contributed by atoms with Crippen LogP contribution in [0.2, 0.25) is 0 Å². The molecular formula is C27H23NO2. The SMILES string of the molecule is Cc1ccc(N2C(=O)[C@@H]3[C@@H](C2=O)C2(C)c4ccccc4C3(C)c3ccccc32)cc1. The maximum Gasteiger partial charge on any atom is 0.238 e. The van der Waals surface area contributed by atoms with E-state index in [0.29, 0.717) is 5.69 Å². The van der Waals surface area contributed by atoms with Crippen LogP contribution in [-0.4, -0.2) is 11.8 Å². The topological polar surface area (TPSA) is 37.4 Å². The molecule has 3 nitrogen and oxygen atoms in total. The van der Waals surface area contributed by atoms with E-state index >= 15 is 0 Å². The summed E-state index contributed by atoms with van der Waals surface area (Å²) in [6.07, 6.45) is 0. The summed E-state index contributed by atoms with van der Waals surface area (Å²) in [7, 11) is 0. The molecule has 0 radical (unpaired) electrons. The molecule has 148 valence electrons. The van der Waals surface area contributed by atoms with Crippen molar-refractivity contribution in [2.75, 3.05) is 4.90 Å². The van der Waals surface area contributed by atoms with Crippen LogP contribution in [0.15, 0.2) is 72.8 Å². The number of benzene rings is 3. The molecule has 3 aliphatic carbocycles. The van der Waals surface area contributed by atoms with Crippen LogP contribution in [-0.2, 0) is 20.4 Å². The van der Waals surface area contributed by atoms with Crippen LogP contribution < -0.4 is 4.90 Å². The monoisotopic (exact) mass is 393 g/mol. The molecule has 2 amide bonds. The van der Waals surface area contributed by atoms with Crippen molar-refractivity contribution in [2.24, 2.45) is 11.8 Å². The average molecular weight is 393 g/mol. The van der Waals surface area contributed by atoms with Crippen molar-refractivity contribution in [1.82, 2.24) is 0 Å². The van der Waals surface area contributed by atoms with E-state index in [1.807, 2.05) is 55.5 Å². The van der Waals surface area contributed by atoms with E-state index in [4.69, 9.17) is 0 Å². The second-order valence-corrected chi connectivity index (χ2v) is 9.30. The fourth-order valence-corrected chi connectivity index (χ4v) is 6.52. The molecule has 0 aromatic heterocycles.